The SMILES string of the molecule is Cc1cnc(N2CCN(Cc3ccc4c(c3)OCO4)CC2)nc1NCCN1CCOCC1. The molecule has 2 aromatic rings. The van der Waals surface area contributed by atoms with E-state index in [1.807, 2.05) is 12.3 Å². The standard InChI is InChI=1S/C23H32N6O3/c1-18-15-25-23(26-22(18)24-4-5-27-10-12-30-13-11-27)29-8-6-28(7-9-29)16-19-2-3-20-21(14-19)32-17-31-20/h2-3,14-15H,4-13,16-17H2,1H3,(H,24,25,26). The number of aryl methyl sites for hydroxylation is 1. The highest BCUT2D eigenvalue weighted by atomic mass is 16.7. The second kappa shape index (κ2) is 9.89. The first-order valence-electron chi connectivity index (χ1n) is 11.5. The summed E-state index contributed by atoms with van der Waals surface area (Å²) in [5.74, 6) is 3.44. The van der Waals surface area contributed by atoms with Crippen molar-refractivity contribution in [2.45, 2.75) is 13.5 Å². The van der Waals surface area contributed by atoms with Crippen molar-refractivity contribution in [2.24, 2.45) is 0 Å². The Morgan fingerprint density at radius 1 is 0.969 bits per heavy atom. The molecule has 0 saturated carbocycles. The van der Waals surface area contributed by atoms with Gasteiger partial charge in [-0.15, -0.1) is 0 Å². The van der Waals surface area contributed by atoms with Gasteiger partial charge in [0.05, 0.1) is 13.2 Å². The Labute approximate surface area is 189 Å². The van der Waals surface area contributed by atoms with Crippen LogP contribution in [0.1, 0.15) is 11.1 Å². The van der Waals surface area contributed by atoms with E-state index in [1.165, 1.54) is 5.56 Å². The summed E-state index contributed by atoms with van der Waals surface area (Å²) < 4.78 is 16.3. The van der Waals surface area contributed by atoms with Gasteiger partial charge in [0, 0.05) is 70.7 Å². The predicted octanol–water partition coefficient (Wildman–Crippen LogP) is 1.58. The lowest BCUT2D eigenvalue weighted by Gasteiger charge is -2.35. The summed E-state index contributed by atoms with van der Waals surface area (Å²) in [6.45, 7) is 12.6. The van der Waals surface area contributed by atoms with Crippen molar-refractivity contribution in [2.75, 3.05) is 82.6 Å². The molecule has 5 rings (SSSR count). The molecule has 0 amide bonds. The molecular formula is C23H32N6O3. The monoisotopic (exact) mass is 440 g/mol. The smallest absolute Gasteiger partial charge is 0.231 e. The number of nitrogens with zero attached hydrogens (tertiary/aromatic N) is 5. The molecule has 2 saturated heterocycles. The van der Waals surface area contributed by atoms with Crippen molar-refractivity contribution in [3.63, 3.8) is 0 Å². The third-order valence-electron chi connectivity index (χ3n) is 6.28. The summed E-state index contributed by atoms with van der Waals surface area (Å²) >= 11 is 0. The van der Waals surface area contributed by atoms with Crippen LogP contribution in [0.3, 0.4) is 0 Å². The third kappa shape index (κ3) is 5.06. The van der Waals surface area contributed by atoms with Gasteiger partial charge in [0.2, 0.25) is 12.7 Å². The Kier molecular flexibility index (Phi) is 6.56. The van der Waals surface area contributed by atoms with Gasteiger partial charge in [-0.05, 0) is 24.6 Å². The minimum Gasteiger partial charge on any atom is -0.454 e. The van der Waals surface area contributed by atoms with Crippen LogP contribution in [0, 0.1) is 6.92 Å². The van der Waals surface area contributed by atoms with Crippen LogP contribution in [0.25, 0.3) is 0 Å². The van der Waals surface area contributed by atoms with Crippen LogP contribution in [0.15, 0.2) is 24.4 Å². The molecule has 172 valence electrons. The molecule has 3 aliphatic heterocycles. The lowest BCUT2D eigenvalue weighted by atomic mass is 10.1. The number of hydrogen-bond donors (Lipinski definition) is 1. The van der Waals surface area contributed by atoms with Gasteiger partial charge in [0.15, 0.2) is 11.5 Å². The minimum absolute atomic E-state index is 0.318. The van der Waals surface area contributed by atoms with Crippen LogP contribution >= 0.6 is 0 Å². The van der Waals surface area contributed by atoms with E-state index in [2.05, 4.69) is 44.1 Å². The molecule has 9 heteroatoms. The number of aromatic nitrogens is 2. The summed E-state index contributed by atoms with van der Waals surface area (Å²) in [6, 6.07) is 6.21. The Balaban J connectivity index is 1.12. The van der Waals surface area contributed by atoms with E-state index in [0.29, 0.717) is 6.79 Å². The number of anilines is 2. The molecular weight excluding hydrogens is 408 g/mol. The Bertz CT molecular complexity index is 913. The molecule has 0 unspecified atom stereocenters. The van der Waals surface area contributed by atoms with Crippen LogP contribution in [0.5, 0.6) is 11.5 Å². The lowest BCUT2D eigenvalue weighted by molar-refractivity contribution is 0.0398. The quantitative estimate of drug-likeness (QED) is 0.691. The predicted molar refractivity (Wildman–Crippen MR) is 123 cm³/mol. The first-order chi connectivity index (χ1) is 15.7. The Hall–Kier alpha value is -2.62. The van der Waals surface area contributed by atoms with Crippen molar-refractivity contribution in [3.8, 4) is 11.5 Å². The Morgan fingerprint density at radius 2 is 1.78 bits per heavy atom. The van der Waals surface area contributed by atoms with Crippen molar-refractivity contribution >= 4 is 11.8 Å². The zero-order valence-corrected chi connectivity index (χ0v) is 18.8. The van der Waals surface area contributed by atoms with Crippen LogP contribution < -0.4 is 19.7 Å². The number of benzene rings is 1. The van der Waals surface area contributed by atoms with Gasteiger partial charge in [-0.25, -0.2) is 4.98 Å². The fourth-order valence-electron chi connectivity index (χ4n) is 4.32. The van der Waals surface area contributed by atoms with E-state index >= 15 is 0 Å². The molecule has 0 aliphatic carbocycles. The highest BCUT2D eigenvalue weighted by Gasteiger charge is 2.21. The fourth-order valence-corrected chi connectivity index (χ4v) is 4.32. The summed E-state index contributed by atoms with van der Waals surface area (Å²) in [5.41, 5.74) is 2.33. The molecule has 1 aromatic carbocycles. The van der Waals surface area contributed by atoms with E-state index < -0.39 is 0 Å². The summed E-state index contributed by atoms with van der Waals surface area (Å²) in [7, 11) is 0. The molecule has 0 atom stereocenters. The van der Waals surface area contributed by atoms with Crippen LogP contribution in [-0.4, -0.2) is 92.1 Å². The number of ether oxygens (including phenoxy) is 3. The number of morpholine rings is 1. The zero-order chi connectivity index (χ0) is 21.8. The molecule has 9 nitrogen and oxygen atoms in total. The van der Waals surface area contributed by atoms with Gasteiger partial charge in [-0.3, -0.25) is 9.80 Å². The van der Waals surface area contributed by atoms with E-state index in [-0.39, 0.29) is 0 Å². The maximum atomic E-state index is 5.51. The topological polar surface area (TPSA) is 75.2 Å². The molecule has 2 fully saturated rings. The molecule has 0 bridgehead atoms. The molecule has 4 heterocycles. The number of rotatable bonds is 7. The van der Waals surface area contributed by atoms with Crippen LogP contribution in [-0.2, 0) is 11.3 Å². The first-order valence-corrected chi connectivity index (χ1v) is 11.5. The zero-order valence-electron chi connectivity index (χ0n) is 18.8. The molecule has 1 aromatic heterocycles. The molecule has 3 aliphatic rings. The molecule has 0 spiro atoms. The maximum absolute atomic E-state index is 5.51. The summed E-state index contributed by atoms with van der Waals surface area (Å²) in [6.07, 6.45) is 1.93. The van der Waals surface area contributed by atoms with Gasteiger partial charge in [0.1, 0.15) is 5.82 Å². The van der Waals surface area contributed by atoms with E-state index in [9.17, 15) is 0 Å². The van der Waals surface area contributed by atoms with Gasteiger partial charge in [-0.1, -0.05) is 6.07 Å². The van der Waals surface area contributed by atoms with Gasteiger partial charge < -0.3 is 24.4 Å². The normalized spacial score (nSPS) is 19.3. The highest BCUT2D eigenvalue weighted by molar-refractivity contribution is 5.48. The lowest BCUT2D eigenvalue weighted by Crippen LogP contribution is -2.46. The van der Waals surface area contributed by atoms with Crippen molar-refractivity contribution < 1.29 is 14.2 Å². The van der Waals surface area contributed by atoms with E-state index in [4.69, 9.17) is 19.2 Å². The summed E-state index contributed by atoms with van der Waals surface area (Å²) in [4.78, 5) is 16.6. The fraction of sp³-hybridized carbons (Fsp3) is 0.565. The average molecular weight is 441 g/mol. The minimum atomic E-state index is 0.318. The second-order valence-electron chi connectivity index (χ2n) is 8.53. The van der Waals surface area contributed by atoms with Gasteiger partial charge in [0.25, 0.3) is 0 Å². The maximum Gasteiger partial charge on any atom is 0.231 e. The number of nitrogens with one attached hydrogen (secondary N) is 1. The largest absolute Gasteiger partial charge is 0.454 e. The van der Waals surface area contributed by atoms with Gasteiger partial charge in [-0.2, -0.15) is 4.98 Å². The highest BCUT2D eigenvalue weighted by Crippen LogP contribution is 2.33. The second-order valence-corrected chi connectivity index (χ2v) is 8.53. The molecule has 1 N–H and O–H groups in total. The summed E-state index contributed by atoms with van der Waals surface area (Å²) in [5, 5.41) is 3.51. The van der Waals surface area contributed by atoms with Crippen molar-refractivity contribution in [3.05, 3.63) is 35.5 Å². The van der Waals surface area contributed by atoms with E-state index in [0.717, 1.165) is 101 Å². The average Bonchev–Trinajstić information content (AvgIpc) is 3.30. The molecule has 0 radical (unpaired) electrons. The molecule has 32 heavy (non-hydrogen) atoms. The third-order valence-corrected chi connectivity index (χ3v) is 6.28. The number of piperazine rings is 1. The van der Waals surface area contributed by atoms with Crippen LogP contribution in [0.2, 0.25) is 0 Å². The first kappa shape index (κ1) is 21.2. The van der Waals surface area contributed by atoms with Gasteiger partial charge >= 0.3 is 0 Å². The van der Waals surface area contributed by atoms with Crippen LogP contribution in [0.4, 0.5) is 11.8 Å². The Morgan fingerprint density at radius 3 is 2.62 bits per heavy atom. The van der Waals surface area contributed by atoms with E-state index in [1.54, 1.807) is 0 Å². The van der Waals surface area contributed by atoms with Crippen molar-refractivity contribution in [1.29, 1.82) is 0 Å². The van der Waals surface area contributed by atoms with Crippen molar-refractivity contribution in [1.82, 2.24) is 19.8 Å². The number of fused-ring (bicyclic) bond motifs is 1. The number of hydrogen-bond acceptors (Lipinski definition) is 9.